The van der Waals surface area contributed by atoms with Crippen molar-refractivity contribution >= 4 is 27.6 Å². The first-order valence-corrected chi connectivity index (χ1v) is 10.7. The van der Waals surface area contributed by atoms with Crippen molar-refractivity contribution in [2.24, 2.45) is 0 Å². The van der Waals surface area contributed by atoms with Crippen LogP contribution in [0.4, 0.5) is 5.69 Å². The molecule has 156 valence electrons. The van der Waals surface area contributed by atoms with Gasteiger partial charge in [-0.1, -0.05) is 18.2 Å². The summed E-state index contributed by atoms with van der Waals surface area (Å²) in [5.74, 6) is -1.26. The van der Waals surface area contributed by atoms with Gasteiger partial charge >= 0.3 is 5.97 Å². The molecular weight excluding hydrogens is 392 g/mol. The fraction of sp³-hybridized carbons (Fsp3) is 0.333. The highest BCUT2D eigenvalue weighted by molar-refractivity contribution is 7.89. The molecule has 0 unspecified atom stereocenters. The molecule has 8 heteroatoms. The molecule has 0 saturated carbocycles. The number of hydrogen-bond acceptors (Lipinski definition) is 5. The van der Waals surface area contributed by atoms with Gasteiger partial charge in [0.2, 0.25) is 10.0 Å². The van der Waals surface area contributed by atoms with Crippen LogP contribution in [0.1, 0.15) is 42.3 Å². The van der Waals surface area contributed by atoms with Gasteiger partial charge in [0.15, 0.2) is 6.10 Å². The molecule has 2 aromatic rings. The number of sulfonamides is 1. The third-order valence-electron chi connectivity index (χ3n) is 4.07. The first-order valence-electron chi connectivity index (χ1n) is 9.21. The second-order valence-electron chi connectivity index (χ2n) is 7.16. The number of rotatable bonds is 7. The molecule has 7 nitrogen and oxygen atoms in total. The lowest BCUT2D eigenvalue weighted by Gasteiger charge is -2.15. The number of hydrogen-bond donors (Lipinski definition) is 2. The molecule has 1 atom stereocenters. The van der Waals surface area contributed by atoms with Gasteiger partial charge in [0, 0.05) is 11.7 Å². The average molecular weight is 419 g/mol. The van der Waals surface area contributed by atoms with E-state index in [1.807, 2.05) is 32.0 Å². The molecule has 1 amide bonds. The Bertz CT molecular complexity index is 1020. The third kappa shape index (κ3) is 6.13. The SMILES string of the molecule is Cc1ccc(C)c(NC(=O)[C@H](C)OC(=O)c2cccc(S(=O)(=O)NC(C)C)c2)c1. The van der Waals surface area contributed by atoms with Crippen molar-refractivity contribution < 1.29 is 22.7 Å². The molecule has 0 aliphatic carbocycles. The molecule has 29 heavy (non-hydrogen) atoms. The normalized spacial score (nSPS) is 12.5. The van der Waals surface area contributed by atoms with Gasteiger partial charge in [0.05, 0.1) is 10.5 Å². The number of anilines is 1. The van der Waals surface area contributed by atoms with Crippen molar-refractivity contribution in [3.63, 3.8) is 0 Å². The summed E-state index contributed by atoms with van der Waals surface area (Å²) in [4.78, 5) is 24.8. The first-order chi connectivity index (χ1) is 13.5. The van der Waals surface area contributed by atoms with E-state index >= 15 is 0 Å². The summed E-state index contributed by atoms with van der Waals surface area (Å²) in [5, 5.41) is 2.74. The van der Waals surface area contributed by atoms with Crippen LogP contribution in [-0.2, 0) is 19.6 Å². The predicted octanol–water partition coefficient (Wildman–Crippen LogP) is 3.17. The van der Waals surface area contributed by atoms with Crippen molar-refractivity contribution in [3.05, 3.63) is 59.2 Å². The summed E-state index contributed by atoms with van der Waals surface area (Å²) >= 11 is 0. The second-order valence-corrected chi connectivity index (χ2v) is 8.87. The van der Waals surface area contributed by atoms with E-state index < -0.39 is 28.0 Å². The van der Waals surface area contributed by atoms with Crippen LogP contribution in [0.2, 0.25) is 0 Å². The molecule has 0 fully saturated rings. The third-order valence-corrected chi connectivity index (χ3v) is 5.73. The zero-order valence-electron chi connectivity index (χ0n) is 17.1. The summed E-state index contributed by atoms with van der Waals surface area (Å²) in [6.45, 7) is 8.63. The van der Waals surface area contributed by atoms with E-state index in [1.165, 1.54) is 31.2 Å². The van der Waals surface area contributed by atoms with Crippen LogP contribution in [0.5, 0.6) is 0 Å². The lowest BCUT2D eigenvalue weighted by atomic mass is 10.1. The Labute approximate surface area is 171 Å². The highest BCUT2D eigenvalue weighted by Gasteiger charge is 2.22. The zero-order chi connectivity index (χ0) is 21.8. The quantitative estimate of drug-likeness (QED) is 0.673. The Kier molecular flexibility index (Phi) is 7.16. The molecular formula is C21H26N2O5S. The van der Waals surface area contributed by atoms with Crippen LogP contribution in [0.3, 0.4) is 0 Å². The van der Waals surface area contributed by atoms with Crippen molar-refractivity contribution in [2.75, 3.05) is 5.32 Å². The molecule has 0 aromatic heterocycles. The zero-order valence-corrected chi connectivity index (χ0v) is 18.0. The monoisotopic (exact) mass is 418 g/mol. The number of amides is 1. The van der Waals surface area contributed by atoms with Gasteiger partial charge in [-0.2, -0.15) is 0 Å². The molecule has 0 aliphatic heterocycles. The van der Waals surface area contributed by atoms with Gasteiger partial charge in [0.25, 0.3) is 5.91 Å². The van der Waals surface area contributed by atoms with Crippen LogP contribution in [0.15, 0.2) is 47.4 Å². The predicted molar refractivity (Wildman–Crippen MR) is 111 cm³/mol. The summed E-state index contributed by atoms with van der Waals surface area (Å²) in [6.07, 6.45) is -1.06. The van der Waals surface area contributed by atoms with Crippen molar-refractivity contribution in [2.45, 2.75) is 51.7 Å². The maximum absolute atomic E-state index is 12.4. The highest BCUT2D eigenvalue weighted by atomic mass is 32.2. The molecule has 0 saturated heterocycles. The smallest absolute Gasteiger partial charge is 0.338 e. The summed E-state index contributed by atoms with van der Waals surface area (Å²) < 4.78 is 32.2. The number of aryl methyl sites for hydroxylation is 2. The molecule has 0 aliphatic rings. The van der Waals surface area contributed by atoms with Gasteiger partial charge in [0.1, 0.15) is 0 Å². The van der Waals surface area contributed by atoms with Crippen LogP contribution in [0.25, 0.3) is 0 Å². The van der Waals surface area contributed by atoms with E-state index in [0.717, 1.165) is 11.1 Å². The van der Waals surface area contributed by atoms with E-state index in [9.17, 15) is 18.0 Å². The number of carbonyl (C=O) groups excluding carboxylic acids is 2. The van der Waals surface area contributed by atoms with Gasteiger partial charge in [-0.3, -0.25) is 4.79 Å². The number of esters is 1. The first kappa shape index (κ1) is 22.6. The van der Waals surface area contributed by atoms with Crippen LogP contribution in [0, 0.1) is 13.8 Å². The number of carbonyl (C=O) groups is 2. The van der Waals surface area contributed by atoms with Gasteiger partial charge in [-0.15, -0.1) is 0 Å². The molecule has 2 aromatic carbocycles. The molecule has 2 rings (SSSR count). The van der Waals surface area contributed by atoms with Gasteiger partial charge in [-0.25, -0.2) is 17.9 Å². The van der Waals surface area contributed by atoms with Crippen molar-refractivity contribution in [1.82, 2.24) is 4.72 Å². The average Bonchev–Trinajstić information content (AvgIpc) is 2.63. The Morgan fingerprint density at radius 3 is 2.34 bits per heavy atom. The maximum Gasteiger partial charge on any atom is 0.338 e. The van der Waals surface area contributed by atoms with Gasteiger partial charge < -0.3 is 10.1 Å². The Morgan fingerprint density at radius 1 is 1.00 bits per heavy atom. The number of nitrogens with one attached hydrogen (secondary N) is 2. The minimum absolute atomic E-state index is 0.0445. The minimum Gasteiger partial charge on any atom is -0.449 e. The summed E-state index contributed by atoms with van der Waals surface area (Å²) in [6, 6.07) is 10.9. The van der Waals surface area contributed by atoms with E-state index in [-0.39, 0.29) is 16.5 Å². The highest BCUT2D eigenvalue weighted by Crippen LogP contribution is 2.18. The fourth-order valence-electron chi connectivity index (χ4n) is 2.56. The Balaban J connectivity index is 2.10. The topological polar surface area (TPSA) is 102 Å². The molecule has 0 radical (unpaired) electrons. The van der Waals surface area contributed by atoms with Crippen molar-refractivity contribution in [3.8, 4) is 0 Å². The lowest BCUT2D eigenvalue weighted by molar-refractivity contribution is -0.123. The van der Waals surface area contributed by atoms with Crippen LogP contribution >= 0.6 is 0 Å². The largest absolute Gasteiger partial charge is 0.449 e. The van der Waals surface area contributed by atoms with Crippen molar-refractivity contribution in [1.29, 1.82) is 0 Å². The van der Waals surface area contributed by atoms with Crippen LogP contribution < -0.4 is 10.0 Å². The lowest BCUT2D eigenvalue weighted by Crippen LogP contribution is -2.31. The molecule has 0 heterocycles. The standard InChI is InChI=1S/C21H26N2O5S/c1-13(2)23-29(26,27)18-8-6-7-17(12-18)21(25)28-16(5)20(24)22-19-11-14(3)9-10-15(19)4/h6-13,16,23H,1-5H3,(H,22,24)/t16-/m0/s1. The Morgan fingerprint density at radius 2 is 1.69 bits per heavy atom. The van der Waals surface area contributed by atoms with E-state index in [0.29, 0.717) is 5.69 Å². The van der Waals surface area contributed by atoms with E-state index in [4.69, 9.17) is 4.74 Å². The Hall–Kier alpha value is -2.71. The number of ether oxygens (including phenoxy) is 1. The van der Waals surface area contributed by atoms with E-state index in [2.05, 4.69) is 10.0 Å². The van der Waals surface area contributed by atoms with Crippen LogP contribution in [-0.4, -0.2) is 32.4 Å². The molecule has 2 N–H and O–H groups in total. The minimum atomic E-state index is -3.75. The summed E-state index contributed by atoms with van der Waals surface area (Å²) in [7, 11) is -3.75. The second kappa shape index (κ2) is 9.19. The number of benzene rings is 2. The maximum atomic E-state index is 12.4. The fourth-order valence-corrected chi connectivity index (χ4v) is 3.85. The van der Waals surface area contributed by atoms with E-state index in [1.54, 1.807) is 13.8 Å². The summed E-state index contributed by atoms with van der Waals surface area (Å²) in [5.41, 5.74) is 2.57. The van der Waals surface area contributed by atoms with Gasteiger partial charge in [-0.05, 0) is 70.0 Å². The molecule has 0 bridgehead atoms. The molecule has 0 spiro atoms.